The normalized spacial score (nSPS) is 15.0. The van der Waals surface area contributed by atoms with Gasteiger partial charge in [0.05, 0.1) is 6.61 Å². The maximum absolute atomic E-state index is 12.0. The third-order valence-electron chi connectivity index (χ3n) is 2.39. The lowest BCUT2D eigenvalue weighted by molar-refractivity contribution is -0.192. The highest BCUT2D eigenvalue weighted by atomic mass is 19.4. The van der Waals surface area contributed by atoms with Gasteiger partial charge < -0.3 is 25.8 Å². The van der Waals surface area contributed by atoms with Gasteiger partial charge in [0, 0.05) is 26.2 Å². The van der Waals surface area contributed by atoms with E-state index in [1.165, 1.54) is 0 Å². The van der Waals surface area contributed by atoms with Gasteiger partial charge in [0.2, 0.25) is 5.91 Å². The SMILES string of the molecule is CCOC=O.NC(CF)C(=O)N1CCNCC1.O=C(O)C(F)(F)F. The molecule has 1 unspecified atom stereocenters. The Morgan fingerprint density at radius 1 is 1.38 bits per heavy atom. The Morgan fingerprint density at radius 3 is 2.08 bits per heavy atom. The van der Waals surface area contributed by atoms with Gasteiger partial charge in [0.1, 0.15) is 12.7 Å². The Balaban J connectivity index is 0. The van der Waals surface area contributed by atoms with E-state index in [9.17, 15) is 27.2 Å². The van der Waals surface area contributed by atoms with Crippen LogP contribution in [0.3, 0.4) is 0 Å². The van der Waals surface area contributed by atoms with Crippen LogP contribution in [-0.2, 0) is 19.1 Å². The summed E-state index contributed by atoms with van der Waals surface area (Å²) < 4.78 is 47.9. The zero-order valence-electron chi connectivity index (χ0n) is 13.0. The molecule has 1 aliphatic heterocycles. The second-order valence-corrected chi connectivity index (χ2v) is 4.19. The molecule has 1 saturated heterocycles. The molecule has 12 heteroatoms. The number of nitrogens with one attached hydrogen (secondary N) is 1. The lowest BCUT2D eigenvalue weighted by Crippen LogP contribution is -2.52. The highest BCUT2D eigenvalue weighted by Gasteiger charge is 2.38. The quantitative estimate of drug-likeness (QED) is 0.456. The Hall–Kier alpha value is -1.95. The summed E-state index contributed by atoms with van der Waals surface area (Å²) in [5.74, 6) is -3.04. The number of hydrogen-bond acceptors (Lipinski definition) is 6. The number of piperazine rings is 1. The smallest absolute Gasteiger partial charge is 0.475 e. The van der Waals surface area contributed by atoms with Crippen molar-refractivity contribution in [1.29, 1.82) is 0 Å². The standard InChI is InChI=1S/C7H14FN3O.C3H6O2.C2HF3O2/c8-5-6(9)7(12)11-3-1-10-2-4-11;1-2-5-3-4;3-2(4,5)1(6)7/h6,10H,1-5,9H2;3H,2H2,1H3;(H,6,7). The molecule has 0 aliphatic carbocycles. The molecule has 0 saturated carbocycles. The number of rotatable bonds is 4. The molecule has 8 nitrogen and oxygen atoms in total. The van der Waals surface area contributed by atoms with Crippen molar-refractivity contribution in [1.82, 2.24) is 10.2 Å². The van der Waals surface area contributed by atoms with Crippen LogP contribution in [-0.4, -0.2) is 80.0 Å². The first-order valence-electron chi connectivity index (χ1n) is 6.78. The van der Waals surface area contributed by atoms with Crippen molar-refractivity contribution in [2.75, 3.05) is 39.5 Å². The van der Waals surface area contributed by atoms with Crippen LogP contribution in [0.1, 0.15) is 6.92 Å². The van der Waals surface area contributed by atoms with Gasteiger partial charge in [-0.05, 0) is 6.92 Å². The average Bonchev–Trinajstić information content (AvgIpc) is 2.55. The molecule has 24 heavy (non-hydrogen) atoms. The van der Waals surface area contributed by atoms with Gasteiger partial charge >= 0.3 is 12.1 Å². The number of nitrogens with zero attached hydrogens (tertiary/aromatic N) is 1. The predicted molar refractivity (Wildman–Crippen MR) is 74.8 cm³/mol. The molecule has 0 bridgehead atoms. The van der Waals surface area contributed by atoms with E-state index in [4.69, 9.17) is 15.6 Å². The molecule has 0 aromatic carbocycles. The van der Waals surface area contributed by atoms with Crippen molar-refractivity contribution in [3.05, 3.63) is 0 Å². The molecule has 1 atom stereocenters. The maximum Gasteiger partial charge on any atom is 0.490 e. The van der Waals surface area contributed by atoms with Crippen LogP contribution in [0.15, 0.2) is 0 Å². The number of halogens is 4. The van der Waals surface area contributed by atoms with E-state index in [1.54, 1.807) is 11.8 Å². The molecular weight excluding hydrogens is 342 g/mol. The van der Waals surface area contributed by atoms with Gasteiger partial charge in [-0.1, -0.05) is 0 Å². The summed E-state index contributed by atoms with van der Waals surface area (Å²) in [6, 6.07) is -0.969. The first-order valence-corrected chi connectivity index (χ1v) is 6.78. The second-order valence-electron chi connectivity index (χ2n) is 4.19. The molecule has 142 valence electrons. The lowest BCUT2D eigenvalue weighted by atomic mass is 10.2. The molecule has 1 heterocycles. The van der Waals surface area contributed by atoms with E-state index in [0.717, 1.165) is 13.1 Å². The fourth-order valence-electron chi connectivity index (χ4n) is 1.25. The molecule has 0 aromatic rings. The second kappa shape index (κ2) is 13.5. The minimum atomic E-state index is -5.08. The van der Waals surface area contributed by atoms with E-state index < -0.39 is 24.9 Å². The molecule has 0 aromatic heterocycles. The number of amides is 1. The van der Waals surface area contributed by atoms with Crippen molar-refractivity contribution < 1.29 is 41.8 Å². The number of carboxylic acid groups (broad SMARTS) is 1. The summed E-state index contributed by atoms with van der Waals surface area (Å²) in [6.45, 7) is 4.69. The summed E-state index contributed by atoms with van der Waals surface area (Å²) in [6.07, 6.45) is -5.08. The fourth-order valence-corrected chi connectivity index (χ4v) is 1.25. The van der Waals surface area contributed by atoms with E-state index in [1.807, 2.05) is 0 Å². The zero-order valence-corrected chi connectivity index (χ0v) is 13.0. The van der Waals surface area contributed by atoms with Crippen molar-refractivity contribution in [2.45, 2.75) is 19.1 Å². The van der Waals surface area contributed by atoms with Gasteiger partial charge in [-0.2, -0.15) is 13.2 Å². The highest BCUT2D eigenvalue weighted by Crippen LogP contribution is 2.13. The summed E-state index contributed by atoms with van der Waals surface area (Å²) in [5.41, 5.74) is 5.26. The minimum Gasteiger partial charge on any atom is -0.475 e. The summed E-state index contributed by atoms with van der Waals surface area (Å²) >= 11 is 0. The van der Waals surface area contributed by atoms with Crippen molar-refractivity contribution >= 4 is 18.3 Å². The Labute approximate surface area is 135 Å². The van der Waals surface area contributed by atoms with Crippen LogP contribution in [0.4, 0.5) is 17.6 Å². The fraction of sp³-hybridized carbons (Fsp3) is 0.750. The number of carbonyl (C=O) groups is 3. The Kier molecular flexibility index (Phi) is 13.7. The van der Waals surface area contributed by atoms with E-state index in [0.29, 0.717) is 26.2 Å². The number of ether oxygens (including phenoxy) is 1. The molecule has 1 fully saturated rings. The van der Waals surface area contributed by atoms with Crippen LogP contribution in [0.5, 0.6) is 0 Å². The molecule has 4 N–H and O–H groups in total. The van der Waals surface area contributed by atoms with Crippen LogP contribution in [0.2, 0.25) is 0 Å². The third-order valence-corrected chi connectivity index (χ3v) is 2.39. The summed E-state index contributed by atoms with van der Waals surface area (Å²) in [4.78, 5) is 30.9. The Bertz CT molecular complexity index is 376. The molecule has 1 aliphatic rings. The molecule has 1 amide bonds. The number of carboxylic acids is 1. The van der Waals surface area contributed by atoms with Crippen molar-refractivity contribution in [2.24, 2.45) is 5.73 Å². The largest absolute Gasteiger partial charge is 0.490 e. The monoisotopic (exact) mass is 363 g/mol. The Morgan fingerprint density at radius 2 is 1.83 bits per heavy atom. The van der Waals surface area contributed by atoms with Crippen LogP contribution >= 0.6 is 0 Å². The van der Waals surface area contributed by atoms with Gasteiger partial charge in [-0.25, -0.2) is 9.18 Å². The third kappa shape index (κ3) is 12.6. The van der Waals surface area contributed by atoms with Gasteiger partial charge in [-0.15, -0.1) is 0 Å². The van der Waals surface area contributed by atoms with Gasteiger partial charge in [-0.3, -0.25) is 9.59 Å². The topological polar surface area (TPSA) is 122 Å². The number of aliphatic carboxylic acids is 1. The first-order chi connectivity index (χ1) is 11.1. The lowest BCUT2D eigenvalue weighted by Gasteiger charge is -2.28. The van der Waals surface area contributed by atoms with E-state index in [-0.39, 0.29) is 5.91 Å². The van der Waals surface area contributed by atoms with Crippen molar-refractivity contribution in [3.8, 4) is 0 Å². The van der Waals surface area contributed by atoms with Crippen LogP contribution in [0.25, 0.3) is 0 Å². The van der Waals surface area contributed by atoms with Crippen molar-refractivity contribution in [3.63, 3.8) is 0 Å². The maximum atomic E-state index is 12.0. The van der Waals surface area contributed by atoms with Gasteiger partial charge in [0.15, 0.2) is 0 Å². The molecule has 1 rings (SSSR count). The van der Waals surface area contributed by atoms with E-state index in [2.05, 4.69) is 10.1 Å². The zero-order chi connectivity index (χ0) is 19.2. The van der Waals surface area contributed by atoms with Crippen LogP contribution < -0.4 is 11.1 Å². The number of hydrogen-bond donors (Lipinski definition) is 3. The first kappa shape index (κ1) is 24.3. The highest BCUT2D eigenvalue weighted by molar-refractivity contribution is 5.81. The molecule has 0 spiro atoms. The number of nitrogens with two attached hydrogens (primary N) is 1. The summed E-state index contributed by atoms with van der Waals surface area (Å²) in [5, 5.41) is 10.2. The number of alkyl halides is 4. The minimum absolute atomic E-state index is 0.279. The van der Waals surface area contributed by atoms with Gasteiger partial charge in [0.25, 0.3) is 6.47 Å². The predicted octanol–water partition coefficient (Wildman–Crippen LogP) is -0.472. The molecule has 0 radical (unpaired) electrons. The number of carbonyl (C=O) groups excluding carboxylic acids is 2. The molecular formula is C12H21F4N3O5. The van der Waals surface area contributed by atoms with E-state index >= 15 is 0 Å². The summed E-state index contributed by atoms with van der Waals surface area (Å²) in [7, 11) is 0. The average molecular weight is 363 g/mol. The van der Waals surface area contributed by atoms with Crippen LogP contribution in [0, 0.1) is 0 Å².